The van der Waals surface area contributed by atoms with Crippen molar-refractivity contribution < 1.29 is 0 Å². The van der Waals surface area contributed by atoms with Crippen LogP contribution in [0.4, 0.5) is 0 Å². The van der Waals surface area contributed by atoms with E-state index in [2.05, 4.69) is 5.10 Å². The summed E-state index contributed by atoms with van der Waals surface area (Å²) < 4.78 is 1.61. The molecule has 0 bridgehead atoms. The summed E-state index contributed by atoms with van der Waals surface area (Å²) in [6.07, 6.45) is 0.830. The summed E-state index contributed by atoms with van der Waals surface area (Å²) in [6.45, 7) is 4.36. The molecule has 0 atom stereocenters. The third kappa shape index (κ3) is 2.29. The van der Waals surface area contributed by atoms with E-state index in [0.29, 0.717) is 11.6 Å². The van der Waals surface area contributed by atoms with Gasteiger partial charge in [-0.1, -0.05) is 36.7 Å². The van der Waals surface area contributed by atoms with Crippen molar-refractivity contribution in [3.8, 4) is 0 Å². The Morgan fingerprint density at radius 1 is 1.35 bits per heavy atom. The summed E-state index contributed by atoms with van der Waals surface area (Å²) >= 11 is 6.08. The predicted molar refractivity (Wildman–Crippen MR) is 69.7 cm³/mol. The monoisotopic (exact) mass is 250 g/mol. The molecule has 3 nitrogen and oxygen atoms in total. The lowest BCUT2D eigenvalue weighted by molar-refractivity contribution is 0.652. The normalized spacial score (nSPS) is 10.8. The van der Waals surface area contributed by atoms with Crippen molar-refractivity contribution in [3.63, 3.8) is 0 Å². The number of H-pyrrole nitrogens is 1. The topological polar surface area (TPSA) is 37.8 Å². The van der Waals surface area contributed by atoms with Crippen molar-refractivity contribution in [1.82, 2.24) is 9.78 Å². The first-order valence-electron chi connectivity index (χ1n) is 5.65. The molecule has 17 heavy (non-hydrogen) atoms. The van der Waals surface area contributed by atoms with Crippen molar-refractivity contribution in [3.05, 3.63) is 56.5 Å². The molecule has 0 aliphatic heterocycles. The van der Waals surface area contributed by atoms with Crippen LogP contribution in [0.1, 0.15) is 23.7 Å². The molecule has 0 unspecified atom stereocenters. The van der Waals surface area contributed by atoms with E-state index < -0.39 is 0 Å². The second-order valence-corrected chi connectivity index (χ2v) is 4.46. The zero-order valence-corrected chi connectivity index (χ0v) is 10.7. The zero-order valence-electron chi connectivity index (χ0n) is 9.96. The number of rotatable bonds is 3. The van der Waals surface area contributed by atoms with E-state index in [-0.39, 0.29) is 5.56 Å². The van der Waals surface area contributed by atoms with Gasteiger partial charge in [-0.15, -0.1) is 0 Å². The van der Waals surface area contributed by atoms with Crippen LogP contribution < -0.4 is 5.56 Å². The summed E-state index contributed by atoms with van der Waals surface area (Å²) in [5, 5.41) is 3.81. The molecular formula is C13H15ClN2O. The van der Waals surface area contributed by atoms with E-state index >= 15 is 0 Å². The van der Waals surface area contributed by atoms with Crippen molar-refractivity contribution >= 4 is 11.6 Å². The Balaban J connectivity index is 2.37. The third-order valence-corrected chi connectivity index (χ3v) is 3.30. The summed E-state index contributed by atoms with van der Waals surface area (Å²) in [4.78, 5) is 12.0. The van der Waals surface area contributed by atoms with Gasteiger partial charge >= 0.3 is 0 Å². The molecule has 0 aliphatic rings. The van der Waals surface area contributed by atoms with E-state index in [1.807, 2.05) is 38.1 Å². The molecule has 0 amide bonds. The Morgan fingerprint density at radius 3 is 2.65 bits per heavy atom. The number of aromatic nitrogens is 2. The van der Waals surface area contributed by atoms with Gasteiger partial charge in [-0.3, -0.25) is 9.89 Å². The zero-order chi connectivity index (χ0) is 12.4. The molecule has 4 heteroatoms. The summed E-state index contributed by atoms with van der Waals surface area (Å²) in [6, 6.07) is 7.56. The van der Waals surface area contributed by atoms with Crippen molar-refractivity contribution in [1.29, 1.82) is 0 Å². The molecule has 0 spiro atoms. The van der Waals surface area contributed by atoms with Crippen LogP contribution in [-0.4, -0.2) is 9.78 Å². The number of nitrogens with zero attached hydrogens (tertiary/aromatic N) is 1. The average molecular weight is 251 g/mol. The SMILES string of the molecule is CCc1[nH]n(Cc2ccccc2Cl)c(=O)c1C. The van der Waals surface area contributed by atoms with Crippen LogP contribution >= 0.6 is 11.6 Å². The predicted octanol–water partition coefficient (Wildman–Crippen LogP) is 2.75. The molecule has 0 saturated carbocycles. The number of halogens is 1. The number of aromatic amines is 1. The molecule has 0 aliphatic carbocycles. The molecule has 1 heterocycles. The lowest BCUT2D eigenvalue weighted by Crippen LogP contribution is -2.18. The summed E-state index contributed by atoms with van der Waals surface area (Å²) in [5.74, 6) is 0. The molecule has 1 N–H and O–H groups in total. The van der Waals surface area contributed by atoms with Gasteiger partial charge in [-0.05, 0) is 25.0 Å². The van der Waals surface area contributed by atoms with Gasteiger partial charge in [0, 0.05) is 16.3 Å². The fourth-order valence-electron chi connectivity index (χ4n) is 1.88. The first kappa shape index (κ1) is 12.0. The molecule has 1 aromatic carbocycles. The summed E-state index contributed by atoms with van der Waals surface area (Å²) in [5.41, 5.74) is 2.75. The summed E-state index contributed by atoms with van der Waals surface area (Å²) in [7, 11) is 0. The third-order valence-electron chi connectivity index (χ3n) is 2.93. The molecule has 0 saturated heterocycles. The quantitative estimate of drug-likeness (QED) is 0.894. The molecule has 2 rings (SSSR count). The standard InChI is InChI=1S/C13H15ClN2O/c1-3-12-9(2)13(17)16(15-12)8-10-6-4-5-7-11(10)14/h4-7,15H,3,8H2,1-2H3. The van der Waals surface area contributed by atoms with Crippen LogP contribution in [0, 0.1) is 6.92 Å². The van der Waals surface area contributed by atoms with Gasteiger partial charge in [0.25, 0.3) is 5.56 Å². The van der Waals surface area contributed by atoms with Crippen LogP contribution in [0.15, 0.2) is 29.1 Å². The van der Waals surface area contributed by atoms with Crippen molar-refractivity contribution in [2.24, 2.45) is 0 Å². The van der Waals surface area contributed by atoms with E-state index in [0.717, 1.165) is 23.2 Å². The van der Waals surface area contributed by atoms with Crippen LogP contribution in [0.3, 0.4) is 0 Å². The van der Waals surface area contributed by atoms with Crippen LogP contribution in [0.5, 0.6) is 0 Å². The fraction of sp³-hybridized carbons (Fsp3) is 0.308. The number of nitrogens with one attached hydrogen (secondary N) is 1. The van der Waals surface area contributed by atoms with Crippen LogP contribution in [0.25, 0.3) is 0 Å². The van der Waals surface area contributed by atoms with E-state index in [9.17, 15) is 4.79 Å². The van der Waals surface area contributed by atoms with Gasteiger partial charge in [0.2, 0.25) is 0 Å². The highest BCUT2D eigenvalue weighted by Gasteiger charge is 2.09. The van der Waals surface area contributed by atoms with Crippen LogP contribution in [0.2, 0.25) is 5.02 Å². The Kier molecular flexibility index (Phi) is 3.38. The second-order valence-electron chi connectivity index (χ2n) is 4.05. The number of aryl methyl sites for hydroxylation is 1. The maximum absolute atomic E-state index is 12.0. The molecule has 0 radical (unpaired) electrons. The average Bonchev–Trinajstić information content (AvgIpc) is 2.60. The minimum Gasteiger partial charge on any atom is -0.299 e. The fourth-order valence-corrected chi connectivity index (χ4v) is 2.08. The maximum atomic E-state index is 12.0. The second kappa shape index (κ2) is 4.80. The van der Waals surface area contributed by atoms with E-state index in [1.165, 1.54) is 0 Å². The van der Waals surface area contributed by atoms with Gasteiger partial charge in [0.05, 0.1) is 6.54 Å². The first-order chi connectivity index (χ1) is 8.13. The minimum absolute atomic E-state index is 0.0294. The smallest absolute Gasteiger partial charge is 0.269 e. The highest BCUT2D eigenvalue weighted by molar-refractivity contribution is 6.31. The Morgan fingerprint density at radius 2 is 2.06 bits per heavy atom. The van der Waals surface area contributed by atoms with Crippen LogP contribution in [-0.2, 0) is 13.0 Å². The molecule has 2 aromatic rings. The van der Waals surface area contributed by atoms with Gasteiger partial charge in [0.1, 0.15) is 0 Å². The van der Waals surface area contributed by atoms with Crippen molar-refractivity contribution in [2.75, 3.05) is 0 Å². The Labute approximate surface area is 105 Å². The number of benzene rings is 1. The molecule has 90 valence electrons. The van der Waals surface area contributed by atoms with Gasteiger partial charge < -0.3 is 0 Å². The number of hydrogen-bond donors (Lipinski definition) is 1. The largest absolute Gasteiger partial charge is 0.299 e. The highest BCUT2D eigenvalue weighted by atomic mass is 35.5. The van der Waals surface area contributed by atoms with Gasteiger partial charge in [0.15, 0.2) is 0 Å². The lowest BCUT2D eigenvalue weighted by atomic mass is 10.2. The Bertz CT molecular complexity index is 583. The molecule has 0 fully saturated rings. The maximum Gasteiger partial charge on any atom is 0.269 e. The lowest BCUT2D eigenvalue weighted by Gasteiger charge is -2.04. The number of hydrogen-bond acceptors (Lipinski definition) is 1. The molecular weight excluding hydrogens is 236 g/mol. The highest BCUT2D eigenvalue weighted by Crippen LogP contribution is 2.15. The van der Waals surface area contributed by atoms with Gasteiger partial charge in [-0.2, -0.15) is 0 Å². The van der Waals surface area contributed by atoms with Crippen molar-refractivity contribution in [2.45, 2.75) is 26.8 Å². The van der Waals surface area contributed by atoms with Gasteiger partial charge in [-0.25, -0.2) is 4.68 Å². The van der Waals surface area contributed by atoms with E-state index in [1.54, 1.807) is 4.68 Å². The first-order valence-corrected chi connectivity index (χ1v) is 6.03. The molecule has 1 aromatic heterocycles. The Hall–Kier alpha value is -1.48. The minimum atomic E-state index is 0.0294. The van der Waals surface area contributed by atoms with E-state index in [4.69, 9.17) is 11.6 Å².